The topological polar surface area (TPSA) is 39.7 Å². The third-order valence-corrected chi connectivity index (χ3v) is 7.68. The molecule has 3 aromatic rings. The molecule has 13 heteroatoms. The molecule has 1 aromatic heterocycles. The van der Waals surface area contributed by atoms with E-state index in [4.69, 9.17) is 0 Å². The van der Waals surface area contributed by atoms with Crippen LogP contribution < -0.4 is 9.80 Å². The molecule has 1 aliphatic heterocycles. The summed E-state index contributed by atoms with van der Waals surface area (Å²) in [6, 6.07) is 7.11. The summed E-state index contributed by atoms with van der Waals surface area (Å²) in [5.41, 5.74) is -3.30. The minimum Gasteiger partial charge on any atom is -0.354 e. The van der Waals surface area contributed by atoms with Gasteiger partial charge in [-0.05, 0) is 80.9 Å². The number of amides is 1. The Labute approximate surface area is 251 Å². The van der Waals surface area contributed by atoms with Crippen molar-refractivity contribution in [2.24, 2.45) is 0 Å². The van der Waals surface area contributed by atoms with E-state index >= 15 is 0 Å². The second kappa shape index (κ2) is 12.3. The van der Waals surface area contributed by atoms with Gasteiger partial charge in [-0.1, -0.05) is 6.07 Å². The number of halogens is 8. The van der Waals surface area contributed by atoms with Crippen LogP contribution in [-0.2, 0) is 22.6 Å². The van der Waals surface area contributed by atoms with Crippen molar-refractivity contribution in [3.8, 4) is 11.1 Å². The van der Waals surface area contributed by atoms with Crippen LogP contribution in [0.2, 0.25) is 0 Å². The number of benzene rings is 2. The fourth-order valence-electron chi connectivity index (χ4n) is 5.03. The quantitative estimate of drug-likeness (QED) is 0.276. The number of nitrogens with zero attached hydrogens (tertiary/aromatic N) is 4. The van der Waals surface area contributed by atoms with Gasteiger partial charge in [-0.3, -0.25) is 4.79 Å². The molecule has 43 heavy (non-hydrogen) atoms. The summed E-state index contributed by atoms with van der Waals surface area (Å²) in [7, 11) is 3.39. The lowest BCUT2D eigenvalue weighted by Crippen LogP contribution is -2.45. The summed E-state index contributed by atoms with van der Waals surface area (Å²) < 4.78 is 95.4. The van der Waals surface area contributed by atoms with Gasteiger partial charge in [0.15, 0.2) is 0 Å². The Balaban J connectivity index is 0.00000506. The van der Waals surface area contributed by atoms with Crippen LogP contribution in [-0.4, -0.2) is 56.1 Å². The smallest absolute Gasteiger partial charge is 0.354 e. The number of likely N-dealkylation sites (N-methyl/N-ethyl adjacent to an activating group) is 2. The molecule has 1 aliphatic rings. The molecule has 1 amide bonds. The third kappa shape index (κ3) is 7.23. The van der Waals surface area contributed by atoms with Crippen LogP contribution in [0.15, 0.2) is 48.7 Å². The van der Waals surface area contributed by atoms with Crippen LogP contribution in [0.1, 0.15) is 36.1 Å². The number of carbonyl (C=O) groups is 1. The number of carbonyl (C=O) groups excluding carboxylic acids is 1. The van der Waals surface area contributed by atoms with Gasteiger partial charge in [0.25, 0.3) is 0 Å². The van der Waals surface area contributed by atoms with Crippen LogP contribution >= 0.6 is 12.4 Å². The fraction of sp³-hybridized carbons (Fsp3) is 0.400. The summed E-state index contributed by atoms with van der Waals surface area (Å²) in [5.74, 6) is -0.592. The molecule has 1 saturated heterocycles. The Kier molecular flexibility index (Phi) is 9.77. The molecule has 0 aliphatic carbocycles. The summed E-state index contributed by atoms with van der Waals surface area (Å²) in [6.45, 7) is 7.25. The average Bonchev–Trinajstić information content (AvgIpc) is 2.91. The molecule has 0 unspecified atom stereocenters. The van der Waals surface area contributed by atoms with Crippen molar-refractivity contribution < 1.29 is 35.5 Å². The van der Waals surface area contributed by atoms with E-state index in [0.717, 1.165) is 13.1 Å². The first kappa shape index (κ1) is 34.1. The highest BCUT2D eigenvalue weighted by Crippen LogP contribution is 2.41. The minimum atomic E-state index is -5.06. The van der Waals surface area contributed by atoms with Crippen molar-refractivity contribution in [1.29, 1.82) is 0 Å². The maximum atomic E-state index is 14.0. The normalized spacial score (nSPS) is 14.8. The third-order valence-electron chi connectivity index (χ3n) is 7.68. The molecule has 2 heterocycles. The number of piperazine rings is 1. The zero-order valence-corrected chi connectivity index (χ0v) is 25.0. The Morgan fingerprint density at radius 1 is 0.837 bits per heavy atom. The maximum Gasteiger partial charge on any atom is 0.416 e. The van der Waals surface area contributed by atoms with Gasteiger partial charge in [0.2, 0.25) is 5.91 Å². The number of pyridine rings is 1. The zero-order chi connectivity index (χ0) is 31.2. The summed E-state index contributed by atoms with van der Waals surface area (Å²) >= 11 is 0. The van der Waals surface area contributed by atoms with Crippen molar-refractivity contribution in [1.82, 2.24) is 9.88 Å². The van der Waals surface area contributed by atoms with Gasteiger partial charge < -0.3 is 14.7 Å². The molecule has 0 spiro atoms. The lowest BCUT2D eigenvalue weighted by Gasteiger charge is -2.35. The lowest BCUT2D eigenvalue weighted by atomic mass is 9.81. The largest absolute Gasteiger partial charge is 0.416 e. The van der Waals surface area contributed by atoms with Crippen molar-refractivity contribution >= 4 is 29.8 Å². The van der Waals surface area contributed by atoms with Crippen LogP contribution in [0.25, 0.3) is 11.1 Å². The number of aryl methyl sites for hydroxylation is 1. The van der Waals surface area contributed by atoms with E-state index in [9.17, 15) is 35.5 Å². The molecular weight excluding hydrogens is 601 g/mol. The van der Waals surface area contributed by atoms with E-state index in [2.05, 4.69) is 14.8 Å². The molecule has 0 radical (unpaired) electrons. The summed E-state index contributed by atoms with van der Waals surface area (Å²) in [4.78, 5) is 23.9. The van der Waals surface area contributed by atoms with Crippen LogP contribution in [0.3, 0.4) is 0 Å². The molecule has 0 atom stereocenters. The Morgan fingerprint density at radius 3 is 1.88 bits per heavy atom. The molecule has 1 fully saturated rings. The van der Waals surface area contributed by atoms with Gasteiger partial charge in [-0.2, -0.15) is 26.3 Å². The van der Waals surface area contributed by atoms with E-state index in [-0.39, 0.29) is 24.2 Å². The predicted octanol–water partition coefficient (Wildman–Crippen LogP) is 7.35. The molecule has 0 bridgehead atoms. The van der Waals surface area contributed by atoms with E-state index in [1.165, 1.54) is 44.1 Å². The second-order valence-electron chi connectivity index (χ2n) is 11.1. The van der Waals surface area contributed by atoms with Crippen LogP contribution in [0.5, 0.6) is 0 Å². The SMILES string of the molecule is Cc1cc(F)ccc1-c1cc(N2CCN(C)CC2)ncc1N(C)C(=O)C(C)(C)c1cc(C(F)(F)F)cc(C(F)(F)F)c1.Cl. The van der Waals surface area contributed by atoms with Crippen molar-refractivity contribution in [2.45, 2.75) is 38.5 Å². The molecule has 2 aromatic carbocycles. The van der Waals surface area contributed by atoms with Gasteiger partial charge in [0.1, 0.15) is 11.6 Å². The number of aromatic nitrogens is 1. The monoisotopic (exact) mass is 632 g/mol. The van der Waals surface area contributed by atoms with E-state index < -0.39 is 46.2 Å². The van der Waals surface area contributed by atoms with Gasteiger partial charge >= 0.3 is 12.4 Å². The van der Waals surface area contributed by atoms with E-state index in [1.54, 1.807) is 19.1 Å². The van der Waals surface area contributed by atoms with Crippen LogP contribution in [0.4, 0.5) is 42.2 Å². The fourth-order valence-corrected chi connectivity index (χ4v) is 5.03. The van der Waals surface area contributed by atoms with Crippen molar-refractivity contribution in [3.05, 3.63) is 76.7 Å². The first-order valence-electron chi connectivity index (χ1n) is 13.2. The molecule has 0 saturated carbocycles. The lowest BCUT2D eigenvalue weighted by molar-refractivity contribution is -0.143. The molecule has 234 valence electrons. The Bertz CT molecular complexity index is 1450. The number of hydrogen-bond donors (Lipinski definition) is 0. The van der Waals surface area contributed by atoms with Gasteiger partial charge in [0.05, 0.1) is 28.4 Å². The highest BCUT2D eigenvalue weighted by Gasteiger charge is 2.41. The first-order valence-corrected chi connectivity index (χ1v) is 13.2. The standard InChI is InChI=1S/C30H31F7N4O.ClH/c1-18-12-22(31)6-7-23(18)24-16-26(41-10-8-39(4)9-11-41)38-17-25(24)40(5)27(42)28(2,3)19-13-20(29(32,33)34)15-21(14-19)30(35,36)37;/h6-7,12-17H,8-11H2,1-5H3;1H. The number of alkyl halides is 6. The van der Waals surface area contributed by atoms with E-state index in [1.807, 2.05) is 7.05 Å². The number of hydrogen-bond acceptors (Lipinski definition) is 4. The van der Waals surface area contributed by atoms with Crippen molar-refractivity contribution in [3.63, 3.8) is 0 Å². The minimum absolute atomic E-state index is 0. The zero-order valence-electron chi connectivity index (χ0n) is 24.2. The number of rotatable bonds is 5. The molecular formula is C30H32ClF7N4O. The van der Waals surface area contributed by atoms with Crippen molar-refractivity contribution in [2.75, 3.05) is 50.1 Å². The first-order chi connectivity index (χ1) is 19.4. The molecule has 5 nitrogen and oxygen atoms in total. The highest BCUT2D eigenvalue weighted by molar-refractivity contribution is 6.03. The Hall–Kier alpha value is -3.38. The number of anilines is 2. The second-order valence-corrected chi connectivity index (χ2v) is 11.1. The van der Waals surface area contributed by atoms with Crippen LogP contribution in [0, 0.1) is 12.7 Å². The summed E-state index contributed by atoms with van der Waals surface area (Å²) in [5, 5.41) is 0. The molecule has 0 N–H and O–H groups in total. The van der Waals surface area contributed by atoms with E-state index in [0.29, 0.717) is 47.7 Å². The average molecular weight is 633 g/mol. The molecule has 4 rings (SSSR count). The Morgan fingerprint density at radius 2 is 1.37 bits per heavy atom. The van der Waals surface area contributed by atoms with Gasteiger partial charge in [0, 0.05) is 38.8 Å². The van der Waals surface area contributed by atoms with Gasteiger partial charge in [-0.25, -0.2) is 9.37 Å². The highest BCUT2D eigenvalue weighted by atomic mass is 35.5. The maximum absolute atomic E-state index is 14.0. The summed E-state index contributed by atoms with van der Waals surface area (Å²) in [6.07, 6.45) is -8.66. The van der Waals surface area contributed by atoms with Gasteiger partial charge in [-0.15, -0.1) is 12.4 Å². The predicted molar refractivity (Wildman–Crippen MR) is 154 cm³/mol.